The second-order valence-corrected chi connectivity index (χ2v) is 5.90. The molecule has 2 heterocycles. The Bertz CT molecular complexity index is 386. The average Bonchev–Trinajstić information content (AvgIpc) is 2.47. The van der Waals surface area contributed by atoms with E-state index in [0.717, 1.165) is 31.6 Å². The van der Waals surface area contributed by atoms with E-state index in [-0.39, 0.29) is 5.54 Å². The van der Waals surface area contributed by atoms with Crippen molar-refractivity contribution in [3.05, 3.63) is 18.7 Å². The third-order valence-electron chi connectivity index (χ3n) is 4.56. The molecule has 2 rings (SSSR count). The number of hydrogen-bond donors (Lipinski definition) is 1. The summed E-state index contributed by atoms with van der Waals surface area (Å²) in [5.74, 6) is 0.611. The molecule has 4 nitrogen and oxygen atoms in total. The lowest BCUT2D eigenvalue weighted by Gasteiger charge is -2.49. The Labute approximate surface area is 116 Å². The van der Waals surface area contributed by atoms with E-state index in [1.807, 2.05) is 12.4 Å². The Morgan fingerprint density at radius 1 is 1.32 bits per heavy atom. The van der Waals surface area contributed by atoms with Crippen molar-refractivity contribution < 1.29 is 0 Å². The number of hydrogen-bond acceptors (Lipinski definition) is 4. The number of aromatic nitrogens is 2. The molecule has 19 heavy (non-hydrogen) atoms. The normalized spacial score (nSPS) is 22.8. The van der Waals surface area contributed by atoms with Gasteiger partial charge in [-0.3, -0.25) is 0 Å². The fourth-order valence-corrected chi connectivity index (χ4v) is 2.97. The van der Waals surface area contributed by atoms with Gasteiger partial charge < -0.3 is 10.2 Å². The minimum atomic E-state index is 0.223. The highest BCUT2D eigenvalue weighted by Gasteiger charge is 2.38. The zero-order valence-corrected chi connectivity index (χ0v) is 12.6. The molecule has 1 N–H and O–H groups in total. The second-order valence-electron chi connectivity index (χ2n) is 5.90. The van der Waals surface area contributed by atoms with Crippen molar-refractivity contribution in [2.75, 3.05) is 18.0 Å². The SMILES string of the molecule is CCC1(CC)CN(c2cncnc2)C(C(C)C)CN1. The molecular weight excluding hydrogens is 236 g/mol. The van der Waals surface area contributed by atoms with E-state index in [2.05, 4.69) is 47.9 Å². The molecule has 1 fully saturated rings. The Morgan fingerprint density at radius 3 is 2.47 bits per heavy atom. The highest BCUT2D eigenvalue weighted by molar-refractivity contribution is 5.45. The quantitative estimate of drug-likeness (QED) is 0.905. The first-order chi connectivity index (χ1) is 9.12. The van der Waals surface area contributed by atoms with Crippen molar-refractivity contribution in [1.29, 1.82) is 0 Å². The third-order valence-corrected chi connectivity index (χ3v) is 4.56. The minimum absolute atomic E-state index is 0.223. The lowest BCUT2D eigenvalue weighted by atomic mass is 9.86. The molecule has 0 saturated carbocycles. The van der Waals surface area contributed by atoms with Gasteiger partial charge in [0.1, 0.15) is 6.33 Å². The maximum absolute atomic E-state index is 4.18. The van der Waals surface area contributed by atoms with Crippen LogP contribution in [-0.4, -0.2) is 34.6 Å². The van der Waals surface area contributed by atoms with Crippen LogP contribution in [-0.2, 0) is 0 Å². The number of piperazine rings is 1. The summed E-state index contributed by atoms with van der Waals surface area (Å²) < 4.78 is 0. The molecule has 0 amide bonds. The topological polar surface area (TPSA) is 41.1 Å². The molecule has 1 aliphatic rings. The first kappa shape index (κ1) is 14.3. The van der Waals surface area contributed by atoms with Crippen LogP contribution in [0.2, 0.25) is 0 Å². The summed E-state index contributed by atoms with van der Waals surface area (Å²) in [6, 6.07) is 0.511. The number of nitrogens with zero attached hydrogens (tertiary/aromatic N) is 3. The van der Waals surface area contributed by atoms with Crippen LogP contribution in [0.1, 0.15) is 40.5 Å². The molecule has 0 spiro atoms. The van der Waals surface area contributed by atoms with Crippen LogP contribution in [0.4, 0.5) is 5.69 Å². The average molecular weight is 262 g/mol. The molecule has 1 aromatic rings. The molecule has 0 aliphatic carbocycles. The zero-order chi connectivity index (χ0) is 13.9. The van der Waals surface area contributed by atoms with Gasteiger partial charge in [-0.15, -0.1) is 0 Å². The summed E-state index contributed by atoms with van der Waals surface area (Å²) in [5, 5.41) is 3.78. The van der Waals surface area contributed by atoms with Gasteiger partial charge in [-0.05, 0) is 18.8 Å². The highest BCUT2D eigenvalue weighted by atomic mass is 15.3. The van der Waals surface area contributed by atoms with Crippen molar-refractivity contribution >= 4 is 5.69 Å². The summed E-state index contributed by atoms with van der Waals surface area (Å²) in [4.78, 5) is 10.9. The van der Waals surface area contributed by atoms with E-state index in [4.69, 9.17) is 0 Å². The van der Waals surface area contributed by atoms with E-state index >= 15 is 0 Å². The Morgan fingerprint density at radius 2 is 1.95 bits per heavy atom. The van der Waals surface area contributed by atoms with E-state index in [9.17, 15) is 0 Å². The molecule has 1 unspecified atom stereocenters. The summed E-state index contributed by atoms with van der Waals surface area (Å²) in [6.07, 6.45) is 7.77. The van der Waals surface area contributed by atoms with Gasteiger partial charge in [0.05, 0.1) is 18.1 Å². The van der Waals surface area contributed by atoms with Crippen LogP contribution in [0, 0.1) is 5.92 Å². The fourth-order valence-electron chi connectivity index (χ4n) is 2.97. The van der Waals surface area contributed by atoms with E-state index < -0.39 is 0 Å². The summed E-state index contributed by atoms with van der Waals surface area (Å²) >= 11 is 0. The summed E-state index contributed by atoms with van der Waals surface area (Å²) in [5.41, 5.74) is 1.37. The maximum Gasteiger partial charge on any atom is 0.115 e. The van der Waals surface area contributed by atoms with Gasteiger partial charge in [0.15, 0.2) is 0 Å². The summed E-state index contributed by atoms with van der Waals surface area (Å²) in [7, 11) is 0. The van der Waals surface area contributed by atoms with Crippen molar-refractivity contribution in [3.8, 4) is 0 Å². The molecular formula is C15H26N4. The monoisotopic (exact) mass is 262 g/mol. The van der Waals surface area contributed by atoms with Crippen LogP contribution < -0.4 is 10.2 Å². The molecule has 1 aromatic heterocycles. The first-order valence-electron chi connectivity index (χ1n) is 7.38. The van der Waals surface area contributed by atoms with Gasteiger partial charge in [0.2, 0.25) is 0 Å². The van der Waals surface area contributed by atoms with Crippen LogP contribution in [0.25, 0.3) is 0 Å². The van der Waals surface area contributed by atoms with E-state index in [1.54, 1.807) is 6.33 Å². The van der Waals surface area contributed by atoms with Crippen molar-refractivity contribution in [2.45, 2.75) is 52.1 Å². The van der Waals surface area contributed by atoms with Gasteiger partial charge in [0.25, 0.3) is 0 Å². The van der Waals surface area contributed by atoms with Crippen molar-refractivity contribution in [1.82, 2.24) is 15.3 Å². The predicted octanol–water partition coefficient (Wildman–Crippen LogP) is 2.47. The predicted molar refractivity (Wildman–Crippen MR) is 79.3 cm³/mol. The molecule has 0 bridgehead atoms. The van der Waals surface area contributed by atoms with Crippen LogP contribution >= 0.6 is 0 Å². The maximum atomic E-state index is 4.18. The smallest absolute Gasteiger partial charge is 0.115 e. The number of nitrogens with one attached hydrogen (secondary N) is 1. The lowest BCUT2D eigenvalue weighted by molar-refractivity contribution is 0.227. The molecule has 1 aliphatic heterocycles. The molecule has 106 valence electrons. The standard InChI is InChI=1S/C15H26N4/c1-5-15(6-2)10-19(13-7-16-11-17-8-13)14(9-18-15)12(3)4/h7-8,11-12,14,18H,5-6,9-10H2,1-4H3. The van der Waals surface area contributed by atoms with Gasteiger partial charge >= 0.3 is 0 Å². The number of anilines is 1. The molecule has 1 saturated heterocycles. The highest BCUT2D eigenvalue weighted by Crippen LogP contribution is 2.29. The number of rotatable bonds is 4. The molecule has 0 aromatic carbocycles. The van der Waals surface area contributed by atoms with Gasteiger partial charge in [-0.2, -0.15) is 0 Å². The van der Waals surface area contributed by atoms with Crippen LogP contribution in [0.3, 0.4) is 0 Å². The molecule has 0 radical (unpaired) electrons. The van der Waals surface area contributed by atoms with Crippen molar-refractivity contribution in [2.24, 2.45) is 5.92 Å². The molecule has 1 atom stereocenters. The third kappa shape index (κ3) is 2.89. The van der Waals surface area contributed by atoms with E-state index in [0.29, 0.717) is 12.0 Å². The van der Waals surface area contributed by atoms with Gasteiger partial charge in [-0.1, -0.05) is 27.7 Å². The van der Waals surface area contributed by atoms with E-state index in [1.165, 1.54) is 0 Å². The lowest BCUT2D eigenvalue weighted by Crippen LogP contribution is -2.65. The van der Waals surface area contributed by atoms with Crippen molar-refractivity contribution in [3.63, 3.8) is 0 Å². The van der Waals surface area contributed by atoms with Gasteiger partial charge in [0, 0.05) is 24.7 Å². The molecule has 4 heteroatoms. The minimum Gasteiger partial charge on any atom is -0.363 e. The Kier molecular flexibility index (Phi) is 4.40. The first-order valence-corrected chi connectivity index (χ1v) is 7.38. The Hall–Kier alpha value is -1.16. The fraction of sp³-hybridized carbons (Fsp3) is 0.733. The van der Waals surface area contributed by atoms with Gasteiger partial charge in [-0.25, -0.2) is 9.97 Å². The largest absolute Gasteiger partial charge is 0.363 e. The van der Waals surface area contributed by atoms with Crippen LogP contribution in [0.5, 0.6) is 0 Å². The van der Waals surface area contributed by atoms with Crippen LogP contribution in [0.15, 0.2) is 18.7 Å². The zero-order valence-electron chi connectivity index (χ0n) is 12.6. The summed E-state index contributed by atoms with van der Waals surface area (Å²) in [6.45, 7) is 11.2. The Balaban J connectivity index is 2.28. The second kappa shape index (κ2) is 5.87.